The van der Waals surface area contributed by atoms with Crippen molar-refractivity contribution < 1.29 is 14.3 Å². The minimum atomic E-state index is -0.349. The van der Waals surface area contributed by atoms with Crippen molar-refractivity contribution in [2.24, 2.45) is 0 Å². The predicted octanol–water partition coefficient (Wildman–Crippen LogP) is 4.73. The Morgan fingerprint density at radius 3 is 2.41 bits per heavy atom. The lowest BCUT2D eigenvalue weighted by atomic mass is 9.99. The van der Waals surface area contributed by atoms with Crippen LogP contribution in [0.3, 0.4) is 0 Å². The van der Waals surface area contributed by atoms with E-state index in [9.17, 15) is 9.59 Å². The van der Waals surface area contributed by atoms with Crippen LogP contribution in [0.5, 0.6) is 5.75 Å². The zero-order chi connectivity index (χ0) is 20.8. The van der Waals surface area contributed by atoms with Crippen LogP contribution in [0.15, 0.2) is 72.8 Å². The molecule has 0 bridgehead atoms. The number of likely N-dealkylation sites (N-methyl/N-ethyl adjacent to an activating group) is 1. The Hall–Kier alpha value is -3.31. The maximum absolute atomic E-state index is 13.0. The summed E-state index contributed by atoms with van der Waals surface area (Å²) in [4.78, 5) is 26.9. The van der Waals surface area contributed by atoms with Crippen molar-refractivity contribution in [1.29, 1.82) is 0 Å². The Bertz CT molecular complexity index is 1020. The zero-order valence-electron chi connectivity index (χ0n) is 16.2. The molecule has 0 saturated heterocycles. The zero-order valence-corrected chi connectivity index (χ0v) is 16.9. The van der Waals surface area contributed by atoms with Gasteiger partial charge in [0.05, 0.1) is 19.3 Å². The smallest absolute Gasteiger partial charge is 0.254 e. The van der Waals surface area contributed by atoms with Gasteiger partial charge >= 0.3 is 0 Å². The molecule has 148 valence electrons. The number of nitrogens with one attached hydrogen (secondary N) is 1. The Kier molecular flexibility index (Phi) is 6.52. The van der Waals surface area contributed by atoms with Crippen molar-refractivity contribution in [3.05, 3.63) is 83.4 Å². The Balaban J connectivity index is 1.75. The Morgan fingerprint density at radius 2 is 1.69 bits per heavy atom. The number of halogens is 1. The van der Waals surface area contributed by atoms with Crippen LogP contribution in [0.1, 0.15) is 10.4 Å². The summed E-state index contributed by atoms with van der Waals surface area (Å²) >= 11 is 6.00. The van der Waals surface area contributed by atoms with Gasteiger partial charge in [-0.25, -0.2) is 0 Å². The van der Waals surface area contributed by atoms with Crippen LogP contribution in [-0.4, -0.2) is 37.4 Å². The summed E-state index contributed by atoms with van der Waals surface area (Å²) in [5.74, 6) is -0.0950. The van der Waals surface area contributed by atoms with Crippen LogP contribution < -0.4 is 10.1 Å². The fourth-order valence-corrected chi connectivity index (χ4v) is 3.17. The number of rotatable bonds is 6. The van der Waals surface area contributed by atoms with Gasteiger partial charge in [-0.05, 0) is 35.4 Å². The molecule has 0 spiro atoms. The Labute approximate surface area is 174 Å². The summed E-state index contributed by atoms with van der Waals surface area (Å²) in [6.07, 6.45) is 0. The van der Waals surface area contributed by atoms with Gasteiger partial charge in [-0.2, -0.15) is 0 Å². The fourth-order valence-electron chi connectivity index (χ4n) is 3.00. The number of carbonyl (C=O) groups excluding carboxylic acids is 2. The average Bonchev–Trinajstić information content (AvgIpc) is 2.74. The second-order valence-corrected chi connectivity index (χ2v) is 6.90. The number of hydrogen-bond donors (Lipinski definition) is 1. The molecule has 0 heterocycles. The average molecular weight is 409 g/mol. The fraction of sp³-hybridized carbons (Fsp3) is 0.130. The molecule has 0 radical (unpaired) electrons. The van der Waals surface area contributed by atoms with Crippen molar-refractivity contribution in [2.45, 2.75) is 0 Å². The standard InChI is InChI=1S/C23H21ClN2O3/c1-26(15-22(27)25-20-14-17(24)12-13-21(20)29-2)23(28)19-11-7-6-10-18(19)16-8-4-3-5-9-16/h3-14H,15H2,1-2H3,(H,25,27). The van der Waals surface area contributed by atoms with Gasteiger partial charge in [-0.1, -0.05) is 60.1 Å². The molecule has 29 heavy (non-hydrogen) atoms. The molecule has 0 aliphatic rings. The number of benzene rings is 3. The van der Waals surface area contributed by atoms with E-state index in [1.165, 1.54) is 12.0 Å². The summed E-state index contributed by atoms with van der Waals surface area (Å²) in [5.41, 5.74) is 2.75. The van der Waals surface area contributed by atoms with Crippen molar-refractivity contribution in [3.8, 4) is 16.9 Å². The van der Waals surface area contributed by atoms with Crippen molar-refractivity contribution in [2.75, 3.05) is 26.0 Å². The van der Waals surface area contributed by atoms with Gasteiger partial charge in [0.1, 0.15) is 5.75 Å². The SMILES string of the molecule is COc1ccc(Cl)cc1NC(=O)CN(C)C(=O)c1ccccc1-c1ccccc1. The molecule has 0 saturated carbocycles. The second-order valence-electron chi connectivity index (χ2n) is 6.47. The molecule has 5 nitrogen and oxygen atoms in total. The number of nitrogens with zero attached hydrogens (tertiary/aromatic N) is 1. The summed E-state index contributed by atoms with van der Waals surface area (Å²) in [6.45, 7) is -0.113. The lowest BCUT2D eigenvalue weighted by Gasteiger charge is -2.19. The van der Waals surface area contributed by atoms with Crippen molar-refractivity contribution in [3.63, 3.8) is 0 Å². The van der Waals surface area contributed by atoms with Gasteiger partial charge in [0.2, 0.25) is 5.91 Å². The molecule has 0 aliphatic carbocycles. The van der Waals surface area contributed by atoms with Crippen LogP contribution in [-0.2, 0) is 4.79 Å². The summed E-state index contributed by atoms with van der Waals surface area (Å²) in [7, 11) is 3.11. The predicted molar refractivity (Wildman–Crippen MR) is 115 cm³/mol. The largest absolute Gasteiger partial charge is 0.495 e. The number of anilines is 1. The molecular formula is C23H21ClN2O3. The van der Waals surface area contributed by atoms with E-state index in [0.29, 0.717) is 22.0 Å². The van der Waals surface area contributed by atoms with Crippen LogP contribution in [0, 0.1) is 0 Å². The van der Waals surface area contributed by atoms with E-state index in [1.54, 1.807) is 31.3 Å². The highest BCUT2D eigenvalue weighted by atomic mass is 35.5. The van der Waals surface area contributed by atoms with E-state index >= 15 is 0 Å². The monoisotopic (exact) mass is 408 g/mol. The van der Waals surface area contributed by atoms with E-state index in [4.69, 9.17) is 16.3 Å². The van der Waals surface area contributed by atoms with Crippen LogP contribution >= 0.6 is 11.6 Å². The topological polar surface area (TPSA) is 58.6 Å². The van der Waals surface area contributed by atoms with E-state index < -0.39 is 0 Å². The van der Waals surface area contributed by atoms with Crippen molar-refractivity contribution >= 4 is 29.1 Å². The van der Waals surface area contributed by atoms with E-state index in [0.717, 1.165) is 11.1 Å². The minimum absolute atomic E-state index is 0.113. The molecule has 0 aliphatic heterocycles. The molecule has 3 aromatic carbocycles. The van der Waals surface area contributed by atoms with E-state index in [2.05, 4.69) is 5.32 Å². The normalized spacial score (nSPS) is 10.3. The number of methoxy groups -OCH3 is 1. The highest BCUT2D eigenvalue weighted by molar-refractivity contribution is 6.31. The van der Waals surface area contributed by atoms with Crippen LogP contribution in [0.2, 0.25) is 5.02 Å². The molecule has 1 N–H and O–H groups in total. The molecule has 0 unspecified atom stereocenters. The Morgan fingerprint density at radius 1 is 1.00 bits per heavy atom. The summed E-state index contributed by atoms with van der Waals surface area (Å²) < 4.78 is 5.23. The first-order valence-electron chi connectivity index (χ1n) is 9.03. The third-order valence-electron chi connectivity index (χ3n) is 4.41. The minimum Gasteiger partial charge on any atom is -0.495 e. The van der Waals surface area contributed by atoms with Gasteiger partial charge in [-0.3, -0.25) is 9.59 Å². The maximum Gasteiger partial charge on any atom is 0.254 e. The molecule has 6 heteroatoms. The number of carbonyl (C=O) groups is 2. The van der Waals surface area contributed by atoms with Gasteiger partial charge < -0.3 is 15.0 Å². The first kappa shape index (κ1) is 20.4. The molecule has 2 amide bonds. The van der Waals surface area contributed by atoms with Gasteiger partial charge in [0.25, 0.3) is 5.91 Å². The molecule has 0 fully saturated rings. The van der Waals surface area contributed by atoms with E-state index in [-0.39, 0.29) is 18.4 Å². The number of amides is 2. The van der Waals surface area contributed by atoms with Crippen LogP contribution in [0.4, 0.5) is 5.69 Å². The first-order chi connectivity index (χ1) is 14.0. The third kappa shape index (κ3) is 4.95. The highest BCUT2D eigenvalue weighted by Crippen LogP contribution is 2.28. The lowest BCUT2D eigenvalue weighted by Crippen LogP contribution is -2.35. The van der Waals surface area contributed by atoms with Gasteiger partial charge in [0.15, 0.2) is 0 Å². The van der Waals surface area contributed by atoms with Gasteiger partial charge in [0, 0.05) is 17.6 Å². The molecular weight excluding hydrogens is 388 g/mol. The first-order valence-corrected chi connectivity index (χ1v) is 9.40. The third-order valence-corrected chi connectivity index (χ3v) is 4.64. The summed E-state index contributed by atoms with van der Waals surface area (Å²) in [5, 5.41) is 3.22. The molecule has 0 atom stereocenters. The number of hydrogen-bond acceptors (Lipinski definition) is 3. The highest BCUT2D eigenvalue weighted by Gasteiger charge is 2.19. The van der Waals surface area contributed by atoms with Crippen molar-refractivity contribution in [1.82, 2.24) is 4.90 Å². The number of ether oxygens (including phenoxy) is 1. The maximum atomic E-state index is 13.0. The lowest BCUT2D eigenvalue weighted by molar-refractivity contribution is -0.116. The van der Waals surface area contributed by atoms with Gasteiger partial charge in [-0.15, -0.1) is 0 Å². The molecule has 3 rings (SSSR count). The summed E-state index contributed by atoms with van der Waals surface area (Å²) in [6, 6.07) is 22.0. The second kappa shape index (κ2) is 9.26. The van der Waals surface area contributed by atoms with E-state index in [1.807, 2.05) is 48.5 Å². The molecule has 0 aromatic heterocycles. The van der Waals surface area contributed by atoms with Crippen LogP contribution in [0.25, 0.3) is 11.1 Å². The molecule has 3 aromatic rings. The quantitative estimate of drug-likeness (QED) is 0.641.